The first-order valence-electron chi connectivity index (χ1n) is 7.42. The molecule has 1 spiro atoms. The summed E-state index contributed by atoms with van der Waals surface area (Å²) in [6.07, 6.45) is 5.34. The molecule has 2 fully saturated rings. The van der Waals surface area contributed by atoms with Crippen LogP contribution in [0.3, 0.4) is 0 Å². The van der Waals surface area contributed by atoms with Crippen molar-refractivity contribution in [2.75, 3.05) is 19.8 Å². The lowest BCUT2D eigenvalue weighted by atomic mass is 9.68. The lowest BCUT2D eigenvalue weighted by Gasteiger charge is -2.56. The van der Waals surface area contributed by atoms with E-state index in [2.05, 4.69) is 32.6 Å². The van der Waals surface area contributed by atoms with Crippen LogP contribution >= 0.6 is 0 Å². The van der Waals surface area contributed by atoms with Gasteiger partial charge < -0.3 is 4.74 Å². The molecule has 100 valence electrons. The summed E-state index contributed by atoms with van der Waals surface area (Å²) >= 11 is 0. The molecular formula is C15H29NO. The molecule has 0 aliphatic carbocycles. The van der Waals surface area contributed by atoms with E-state index in [4.69, 9.17) is 4.74 Å². The van der Waals surface area contributed by atoms with E-state index in [0.717, 1.165) is 25.0 Å². The van der Waals surface area contributed by atoms with Gasteiger partial charge in [0, 0.05) is 18.2 Å². The van der Waals surface area contributed by atoms with Gasteiger partial charge in [0.1, 0.15) is 0 Å². The van der Waals surface area contributed by atoms with Crippen molar-refractivity contribution in [2.45, 2.75) is 65.0 Å². The van der Waals surface area contributed by atoms with Crippen LogP contribution in [-0.4, -0.2) is 36.2 Å². The van der Waals surface area contributed by atoms with Crippen molar-refractivity contribution in [2.24, 2.45) is 11.8 Å². The minimum absolute atomic E-state index is 0.346. The second-order valence-corrected chi connectivity index (χ2v) is 6.54. The van der Waals surface area contributed by atoms with Crippen LogP contribution in [0.4, 0.5) is 0 Å². The average Bonchev–Trinajstić information content (AvgIpc) is 2.29. The Morgan fingerprint density at radius 1 is 1.18 bits per heavy atom. The topological polar surface area (TPSA) is 12.5 Å². The number of piperidine rings is 1. The number of hydrogen-bond donors (Lipinski definition) is 0. The van der Waals surface area contributed by atoms with Crippen LogP contribution < -0.4 is 0 Å². The van der Waals surface area contributed by atoms with Crippen LogP contribution in [-0.2, 0) is 4.74 Å². The number of rotatable bonds is 2. The van der Waals surface area contributed by atoms with Gasteiger partial charge in [0.25, 0.3) is 0 Å². The van der Waals surface area contributed by atoms with Crippen molar-refractivity contribution in [3.63, 3.8) is 0 Å². The third-order valence-corrected chi connectivity index (χ3v) is 4.87. The first kappa shape index (κ1) is 13.4. The van der Waals surface area contributed by atoms with E-state index in [-0.39, 0.29) is 0 Å². The highest BCUT2D eigenvalue weighted by atomic mass is 16.5. The molecule has 0 saturated carbocycles. The molecule has 2 rings (SSSR count). The molecule has 2 atom stereocenters. The zero-order valence-corrected chi connectivity index (χ0v) is 12.0. The molecule has 2 aliphatic rings. The van der Waals surface area contributed by atoms with Crippen molar-refractivity contribution in [1.29, 1.82) is 0 Å². The van der Waals surface area contributed by atoms with Crippen LogP contribution in [0.5, 0.6) is 0 Å². The molecule has 0 radical (unpaired) electrons. The minimum Gasteiger partial charge on any atom is -0.380 e. The molecule has 2 aliphatic heterocycles. The first-order valence-corrected chi connectivity index (χ1v) is 7.42. The van der Waals surface area contributed by atoms with Gasteiger partial charge in [-0.1, -0.05) is 20.3 Å². The molecule has 17 heavy (non-hydrogen) atoms. The molecular weight excluding hydrogens is 210 g/mol. The van der Waals surface area contributed by atoms with Gasteiger partial charge in [0.05, 0.1) is 6.61 Å². The fourth-order valence-electron chi connectivity index (χ4n) is 4.19. The monoisotopic (exact) mass is 239 g/mol. The van der Waals surface area contributed by atoms with Crippen molar-refractivity contribution < 1.29 is 4.74 Å². The number of nitrogens with zero attached hydrogens (tertiary/aromatic N) is 1. The Morgan fingerprint density at radius 3 is 2.59 bits per heavy atom. The lowest BCUT2D eigenvalue weighted by Crippen LogP contribution is -2.64. The number of ether oxygens (including phenoxy) is 1. The Hall–Kier alpha value is -0.0800. The molecule has 2 saturated heterocycles. The Balaban J connectivity index is 2.26. The summed E-state index contributed by atoms with van der Waals surface area (Å²) in [4.78, 5) is 2.75. The quantitative estimate of drug-likeness (QED) is 0.733. The molecule has 0 aromatic heterocycles. The van der Waals surface area contributed by atoms with Crippen molar-refractivity contribution in [3.8, 4) is 0 Å². The summed E-state index contributed by atoms with van der Waals surface area (Å²) in [5.74, 6) is 1.59. The fourth-order valence-corrected chi connectivity index (χ4v) is 4.19. The smallest absolute Gasteiger partial charge is 0.0653 e. The molecule has 2 heterocycles. The maximum absolute atomic E-state index is 5.88. The highest BCUT2D eigenvalue weighted by Gasteiger charge is 2.48. The van der Waals surface area contributed by atoms with E-state index in [1.807, 2.05) is 0 Å². The summed E-state index contributed by atoms with van der Waals surface area (Å²) in [5, 5.41) is 0. The van der Waals surface area contributed by atoms with Crippen LogP contribution in [0.2, 0.25) is 0 Å². The van der Waals surface area contributed by atoms with E-state index < -0.39 is 0 Å². The molecule has 0 aromatic rings. The van der Waals surface area contributed by atoms with Gasteiger partial charge in [0.15, 0.2) is 0 Å². The van der Waals surface area contributed by atoms with Crippen molar-refractivity contribution in [1.82, 2.24) is 4.90 Å². The van der Waals surface area contributed by atoms with Gasteiger partial charge >= 0.3 is 0 Å². The molecule has 2 heteroatoms. The summed E-state index contributed by atoms with van der Waals surface area (Å²) in [6, 6.07) is 0.651. The maximum atomic E-state index is 5.88. The van der Waals surface area contributed by atoms with E-state index in [0.29, 0.717) is 11.6 Å². The zero-order chi connectivity index (χ0) is 12.5. The first-order chi connectivity index (χ1) is 8.08. The van der Waals surface area contributed by atoms with E-state index in [9.17, 15) is 0 Å². The lowest BCUT2D eigenvalue weighted by molar-refractivity contribution is -0.129. The highest BCUT2D eigenvalue weighted by Crippen LogP contribution is 2.43. The maximum Gasteiger partial charge on any atom is 0.0653 e. The molecule has 0 bridgehead atoms. The summed E-state index contributed by atoms with van der Waals surface area (Å²) < 4.78 is 5.88. The number of likely N-dealkylation sites (tertiary alicyclic amines) is 1. The largest absolute Gasteiger partial charge is 0.380 e. The summed E-state index contributed by atoms with van der Waals surface area (Å²) in [5.41, 5.74) is 0.346. The van der Waals surface area contributed by atoms with Gasteiger partial charge in [-0.3, -0.25) is 4.90 Å². The Morgan fingerprint density at radius 2 is 1.94 bits per heavy atom. The zero-order valence-electron chi connectivity index (χ0n) is 12.0. The Kier molecular flexibility index (Phi) is 4.14. The van der Waals surface area contributed by atoms with Crippen LogP contribution in [0.1, 0.15) is 53.4 Å². The second kappa shape index (κ2) is 5.27. The van der Waals surface area contributed by atoms with Gasteiger partial charge in [-0.15, -0.1) is 0 Å². The van der Waals surface area contributed by atoms with Gasteiger partial charge in [-0.05, 0) is 51.5 Å². The molecule has 0 aromatic carbocycles. The third kappa shape index (κ3) is 2.39. The Labute approximate surface area is 107 Å². The van der Waals surface area contributed by atoms with Crippen molar-refractivity contribution >= 4 is 0 Å². The standard InChI is InChI=1S/C15H29NO/c1-12(2)14-7-10-17-11-15(14)8-5-6-9-16(15)13(3)4/h12-14H,5-11H2,1-4H3. The highest BCUT2D eigenvalue weighted by molar-refractivity contribution is 5.02. The van der Waals surface area contributed by atoms with E-state index in [1.165, 1.54) is 32.2 Å². The SMILES string of the molecule is CC(C)C1CCOCC12CCCCN2C(C)C. The molecule has 2 nitrogen and oxygen atoms in total. The number of hydrogen-bond acceptors (Lipinski definition) is 2. The molecule has 0 amide bonds. The van der Waals surface area contributed by atoms with Crippen molar-refractivity contribution in [3.05, 3.63) is 0 Å². The fraction of sp³-hybridized carbons (Fsp3) is 1.00. The summed E-state index contributed by atoms with van der Waals surface area (Å²) in [6.45, 7) is 12.7. The van der Waals surface area contributed by atoms with Gasteiger partial charge in [-0.25, -0.2) is 0 Å². The minimum atomic E-state index is 0.346. The average molecular weight is 239 g/mol. The van der Waals surface area contributed by atoms with Crippen LogP contribution in [0, 0.1) is 11.8 Å². The predicted octanol–water partition coefficient (Wildman–Crippen LogP) is 3.31. The van der Waals surface area contributed by atoms with Gasteiger partial charge in [0.2, 0.25) is 0 Å². The van der Waals surface area contributed by atoms with E-state index >= 15 is 0 Å². The third-order valence-electron chi connectivity index (χ3n) is 4.87. The summed E-state index contributed by atoms with van der Waals surface area (Å²) in [7, 11) is 0. The Bertz CT molecular complexity index is 223. The molecule has 0 N–H and O–H groups in total. The van der Waals surface area contributed by atoms with Gasteiger partial charge in [-0.2, -0.15) is 0 Å². The normalized spacial score (nSPS) is 36.0. The molecule has 2 unspecified atom stereocenters. The van der Waals surface area contributed by atoms with Crippen LogP contribution in [0.25, 0.3) is 0 Å². The van der Waals surface area contributed by atoms with E-state index in [1.54, 1.807) is 0 Å². The predicted molar refractivity (Wildman–Crippen MR) is 72.2 cm³/mol. The van der Waals surface area contributed by atoms with Crippen LogP contribution in [0.15, 0.2) is 0 Å². The second-order valence-electron chi connectivity index (χ2n) is 6.54.